The van der Waals surface area contributed by atoms with Gasteiger partial charge >= 0.3 is 0 Å². The number of nitrogens with zero attached hydrogens (tertiary/aromatic N) is 2. The first kappa shape index (κ1) is 12.9. The molecule has 0 spiro atoms. The Balaban J connectivity index is 2.59. The van der Waals surface area contributed by atoms with Crippen molar-refractivity contribution in [3.8, 4) is 12.3 Å². The number of aliphatic imine (C=N–C) groups is 1. The molecule has 1 fully saturated rings. The minimum absolute atomic E-state index is 0.0978. The van der Waals surface area contributed by atoms with Crippen molar-refractivity contribution in [2.24, 2.45) is 22.6 Å². The van der Waals surface area contributed by atoms with Crippen molar-refractivity contribution in [3.63, 3.8) is 0 Å². The summed E-state index contributed by atoms with van der Waals surface area (Å²) in [5.41, 5.74) is 5.99. The molecule has 3 nitrogen and oxygen atoms in total. The quantitative estimate of drug-likeness (QED) is 0.438. The maximum absolute atomic E-state index is 5.99. The first-order valence-electron chi connectivity index (χ1n) is 6.09. The summed E-state index contributed by atoms with van der Waals surface area (Å²) >= 11 is 0. The second-order valence-electron chi connectivity index (χ2n) is 5.01. The van der Waals surface area contributed by atoms with Gasteiger partial charge in [0, 0.05) is 13.1 Å². The van der Waals surface area contributed by atoms with Gasteiger partial charge in [-0.15, -0.1) is 6.42 Å². The predicted octanol–water partition coefficient (Wildman–Crippen LogP) is 1.69. The van der Waals surface area contributed by atoms with Crippen LogP contribution in [0.25, 0.3) is 0 Å². The summed E-state index contributed by atoms with van der Waals surface area (Å²) in [6.45, 7) is 8.43. The van der Waals surface area contributed by atoms with E-state index < -0.39 is 0 Å². The van der Waals surface area contributed by atoms with E-state index >= 15 is 0 Å². The first-order chi connectivity index (χ1) is 7.54. The number of likely N-dealkylation sites (tertiary alicyclic amines) is 1. The molecule has 0 amide bonds. The molecule has 0 radical (unpaired) electrons. The SMILES string of the molecule is C#CC(N=C(N)N1CCC(C)CC1)C(C)C. The van der Waals surface area contributed by atoms with Gasteiger partial charge in [-0.3, -0.25) is 0 Å². The zero-order valence-electron chi connectivity index (χ0n) is 10.6. The molecule has 0 aliphatic carbocycles. The molecule has 3 heteroatoms. The monoisotopic (exact) mass is 221 g/mol. The van der Waals surface area contributed by atoms with Crippen LogP contribution in [0.3, 0.4) is 0 Å². The molecule has 1 saturated heterocycles. The summed E-state index contributed by atoms with van der Waals surface area (Å²) in [7, 11) is 0. The van der Waals surface area contributed by atoms with Crippen LogP contribution in [0.15, 0.2) is 4.99 Å². The number of hydrogen-bond acceptors (Lipinski definition) is 1. The molecule has 16 heavy (non-hydrogen) atoms. The third-order valence-electron chi connectivity index (χ3n) is 3.18. The van der Waals surface area contributed by atoms with Crippen LogP contribution < -0.4 is 5.73 Å². The van der Waals surface area contributed by atoms with Gasteiger partial charge in [-0.25, -0.2) is 4.99 Å². The molecule has 0 bridgehead atoms. The molecule has 1 aliphatic rings. The van der Waals surface area contributed by atoms with E-state index in [2.05, 4.69) is 36.6 Å². The van der Waals surface area contributed by atoms with Crippen molar-refractivity contribution in [3.05, 3.63) is 0 Å². The van der Waals surface area contributed by atoms with Gasteiger partial charge in [0.1, 0.15) is 6.04 Å². The zero-order chi connectivity index (χ0) is 12.1. The Morgan fingerprint density at radius 2 is 2.00 bits per heavy atom. The normalized spacial score (nSPS) is 20.9. The van der Waals surface area contributed by atoms with Crippen molar-refractivity contribution >= 4 is 5.96 Å². The number of hydrogen-bond donors (Lipinski definition) is 1. The Kier molecular flexibility index (Phi) is 4.67. The van der Waals surface area contributed by atoms with E-state index in [0.29, 0.717) is 11.9 Å². The molecule has 0 aromatic carbocycles. The summed E-state index contributed by atoms with van der Waals surface area (Å²) in [4.78, 5) is 6.57. The Morgan fingerprint density at radius 1 is 1.44 bits per heavy atom. The summed E-state index contributed by atoms with van der Waals surface area (Å²) in [6.07, 6.45) is 7.83. The molecule has 1 aliphatic heterocycles. The fourth-order valence-electron chi connectivity index (χ4n) is 1.84. The molecule has 0 saturated carbocycles. The van der Waals surface area contributed by atoms with E-state index in [1.165, 1.54) is 12.8 Å². The van der Waals surface area contributed by atoms with Crippen molar-refractivity contribution < 1.29 is 0 Å². The van der Waals surface area contributed by atoms with Crippen LogP contribution in [0.2, 0.25) is 0 Å². The second kappa shape index (κ2) is 5.79. The maximum Gasteiger partial charge on any atom is 0.192 e. The molecule has 0 aromatic rings. The second-order valence-corrected chi connectivity index (χ2v) is 5.01. The summed E-state index contributed by atoms with van der Waals surface area (Å²) in [6, 6.07) is -0.0978. The highest BCUT2D eigenvalue weighted by Crippen LogP contribution is 2.16. The molecular formula is C13H23N3. The highest BCUT2D eigenvalue weighted by Gasteiger charge is 2.18. The summed E-state index contributed by atoms with van der Waals surface area (Å²) in [5, 5.41) is 0. The van der Waals surface area contributed by atoms with Crippen molar-refractivity contribution in [1.29, 1.82) is 0 Å². The smallest absolute Gasteiger partial charge is 0.192 e. The van der Waals surface area contributed by atoms with Crippen molar-refractivity contribution in [2.45, 2.75) is 39.7 Å². The van der Waals surface area contributed by atoms with E-state index in [0.717, 1.165) is 19.0 Å². The topological polar surface area (TPSA) is 41.6 Å². The van der Waals surface area contributed by atoms with Crippen LogP contribution in [0.5, 0.6) is 0 Å². The molecule has 1 atom stereocenters. The predicted molar refractivity (Wildman–Crippen MR) is 69.1 cm³/mol. The number of rotatable bonds is 2. The average molecular weight is 221 g/mol. The van der Waals surface area contributed by atoms with Gasteiger partial charge in [0.05, 0.1) is 0 Å². The van der Waals surface area contributed by atoms with Gasteiger partial charge in [-0.1, -0.05) is 26.7 Å². The highest BCUT2D eigenvalue weighted by molar-refractivity contribution is 5.78. The third-order valence-corrected chi connectivity index (χ3v) is 3.18. The number of guanidine groups is 1. The standard InChI is InChI=1S/C13H23N3/c1-5-12(10(2)3)15-13(14)16-8-6-11(4)7-9-16/h1,10-12H,6-9H2,2-4H3,(H2,14,15). The first-order valence-corrected chi connectivity index (χ1v) is 6.09. The van der Waals surface area contributed by atoms with Crippen LogP contribution in [0, 0.1) is 24.2 Å². The lowest BCUT2D eigenvalue weighted by Gasteiger charge is -2.31. The van der Waals surface area contributed by atoms with Gasteiger partial charge in [0.25, 0.3) is 0 Å². The minimum Gasteiger partial charge on any atom is -0.370 e. The van der Waals surface area contributed by atoms with Gasteiger partial charge in [0.15, 0.2) is 5.96 Å². The largest absolute Gasteiger partial charge is 0.370 e. The Labute approximate surface area is 99.1 Å². The summed E-state index contributed by atoms with van der Waals surface area (Å²) in [5.74, 6) is 4.44. The number of nitrogens with two attached hydrogens (primary N) is 1. The van der Waals surface area contributed by atoms with Crippen molar-refractivity contribution in [1.82, 2.24) is 4.90 Å². The van der Waals surface area contributed by atoms with Gasteiger partial charge in [-0.05, 0) is 24.7 Å². The van der Waals surface area contributed by atoms with Crippen LogP contribution in [-0.2, 0) is 0 Å². The Hall–Kier alpha value is -1.17. The maximum atomic E-state index is 5.99. The molecule has 1 rings (SSSR count). The highest BCUT2D eigenvalue weighted by atomic mass is 15.3. The lowest BCUT2D eigenvalue weighted by atomic mass is 9.99. The van der Waals surface area contributed by atoms with E-state index in [1.807, 2.05) is 0 Å². The fraction of sp³-hybridized carbons (Fsp3) is 0.769. The fourth-order valence-corrected chi connectivity index (χ4v) is 1.84. The Morgan fingerprint density at radius 3 is 2.44 bits per heavy atom. The van der Waals surface area contributed by atoms with Crippen LogP contribution in [0.1, 0.15) is 33.6 Å². The van der Waals surface area contributed by atoms with Gasteiger partial charge in [-0.2, -0.15) is 0 Å². The summed E-state index contributed by atoms with van der Waals surface area (Å²) < 4.78 is 0. The van der Waals surface area contributed by atoms with E-state index in [9.17, 15) is 0 Å². The molecular weight excluding hydrogens is 198 g/mol. The van der Waals surface area contributed by atoms with Crippen molar-refractivity contribution in [2.75, 3.05) is 13.1 Å². The number of terminal acetylenes is 1. The molecule has 1 unspecified atom stereocenters. The zero-order valence-corrected chi connectivity index (χ0v) is 10.6. The van der Waals surface area contributed by atoms with Crippen LogP contribution in [-0.4, -0.2) is 30.0 Å². The van der Waals surface area contributed by atoms with E-state index in [1.54, 1.807) is 0 Å². The van der Waals surface area contributed by atoms with Gasteiger partial charge < -0.3 is 10.6 Å². The van der Waals surface area contributed by atoms with E-state index in [4.69, 9.17) is 12.2 Å². The molecule has 90 valence electrons. The Bertz CT molecular complexity index is 280. The minimum atomic E-state index is -0.0978. The van der Waals surface area contributed by atoms with E-state index in [-0.39, 0.29) is 6.04 Å². The molecule has 2 N–H and O–H groups in total. The van der Waals surface area contributed by atoms with Gasteiger partial charge in [0.2, 0.25) is 0 Å². The number of piperidine rings is 1. The third kappa shape index (κ3) is 3.44. The lowest BCUT2D eigenvalue weighted by Crippen LogP contribution is -2.43. The van der Waals surface area contributed by atoms with Crippen LogP contribution >= 0.6 is 0 Å². The lowest BCUT2D eigenvalue weighted by molar-refractivity contribution is 0.277. The molecule has 0 aromatic heterocycles. The average Bonchev–Trinajstić information content (AvgIpc) is 2.26. The molecule has 1 heterocycles. The van der Waals surface area contributed by atoms with Crippen LogP contribution in [0.4, 0.5) is 0 Å².